The lowest BCUT2D eigenvalue weighted by Gasteiger charge is -2.33. The van der Waals surface area contributed by atoms with Crippen LogP contribution in [-0.4, -0.2) is 61.2 Å². The van der Waals surface area contributed by atoms with Gasteiger partial charge < -0.3 is 25.1 Å². The molecular weight excluding hydrogens is 428 g/mol. The van der Waals surface area contributed by atoms with Crippen LogP contribution in [0.3, 0.4) is 0 Å². The number of H-pyrrole nitrogens is 1. The molecule has 2 aliphatic rings. The molecule has 2 amide bonds. The number of piperidine rings is 1. The van der Waals surface area contributed by atoms with Crippen molar-refractivity contribution < 1.29 is 19.5 Å². The normalized spacial score (nSPS) is 21.8. The minimum absolute atomic E-state index is 0.00217. The van der Waals surface area contributed by atoms with Crippen molar-refractivity contribution in [3.05, 3.63) is 33.9 Å². The predicted molar refractivity (Wildman–Crippen MR) is 119 cm³/mol. The average molecular weight is 459 g/mol. The van der Waals surface area contributed by atoms with E-state index in [-0.39, 0.29) is 35.2 Å². The number of aromatic nitrogens is 3. The zero-order chi connectivity index (χ0) is 23.9. The van der Waals surface area contributed by atoms with Crippen LogP contribution < -0.4 is 10.9 Å². The fourth-order valence-corrected chi connectivity index (χ4v) is 4.20. The van der Waals surface area contributed by atoms with E-state index < -0.39 is 5.60 Å². The Morgan fingerprint density at radius 3 is 2.55 bits per heavy atom. The molecule has 3 N–H and O–H groups in total. The van der Waals surface area contributed by atoms with E-state index in [9.17, 15) is 19.6 Å². The van der Waals surface area contributed by atoms with Crippen molar-refractivity contribution in [3.8, 4) is 0 Å². The van der Waals surface area contributed by atoms with Crippen molar-refractivity contribution in [1.29, 1.82) is 0 Å². The number of aromatic amines is 1. The van der Waals surface area contributed by atoms with Gasteiger partial charge in [0.25, 0.3) is 5.56 Å². The number of fused-ring (bicyclic) bond motifs is 1. The molecule has 11 heteroatoms. The van der Waals surface area contributed by atoms with Gasteiger partial charge in [0, 0.05) is 31.0 Å². The Bertz CT molecular complexity index is 1150. The highest BCUT2D eigenvalue weighted by Gasteiger charge is 2.40. The van der Waals surface area contributed by atoms with E-state index in [1.54, 1.807) is 9.42 Å². The monoisotopic (exact) mass is 458 g/mol. The Balaban J connectivity index is 1.54. The van der Waals surface area contributed by atoms with Gasteiger partial charge in [-0.05, 0) is 46.0 Å². The van der Waals surface area contributed by atoms with Crippen LogP contribution in [0.1, 0.15) is 64.1 Å². The van der Waals surface area contributed by atoms with Crippen LogP contribution in [0.25, 0.3) is 5.65 Å². The third kappa shape index (κ3) is 4.86. The predicted octanol–water partition coefficient (Wildman–Crippen LogP) is 2.05. The van der Waals surface area contributed by atoms with Crippen LogP contribution in [0.4, 0.5) is 4.79 Å². The van der Waals surface area contributed by atoms with Gasteiger partial charge in [-0.3, -0.25) is 9.59 Å². The summed E-state index contributed by atoms with van der Waals surface area (Å²) in [5.74, 6) is -0.0814. The van der Waals surface area contributed by atoms with Crippen LogP contribution in [0, 0.1) is 11.8 Å². The molecule has 4 rings (SSSR count). The second-order valence-electron chi connectivity index (χ2n) is 9.88. The van der Waals surface area contributed by atoms with Crippen LogP contribution in [0.2, 0.25) is 0 Å². The molecule has 1 saturated carbocycles. The van der Waals surface area contributed by atoms with E-state index in [1.165, 1.54) is 12.3 Å². The van der Waals surface area contributed by atoms with Gasteiger partial charge >= 0.3 is 6.09 Å². The quantitative estimate of drug-likeness (QED) is 0.278. The molecule has 0 spiro atoms. The highest BCUT2D eigenvalue weighted by molar-refractivity contribution is 6.11. The average Bonchev–Trinajstić information content (AvgIpc) is 3.34. The molecular formula is C22H30N6O5. The Morgan fingerprint density at radius 1 is 1.30 bits per heavy atom. The van der Waals surface area contributed by atoms with Gasteiger partial charge in [0.15, 0.2) is 5.84 Å². The molecule has 0 radical (unpaired) electrons. The molecule has 2 aromatic heterocycles. The van der Waals surface area contributed by atoms with Gasteiger partial charge in [0.05, 0.1) is 17.5 Å². The van der Waals surface area contributed by atoms with Crippen molar-refractivity contribution >= 4 is 23.5 Å². The number of hydrogen-bond acceptors (Lipinski definition) is 7. The molecule has 178 valence electrons. The first kappa shape index (κ1) is 22.8. The van der Waals surface area contributed by atoms with E-state index in [0.29, 0.717) is 48.8 Å². The molecule has 0 unspecified atom stereocenters. The number of nitrogens with zero attached hydrogens (tertiary/aromatic N) is 4. The van der Waals surface area contributed by atoms with Gasteiger partial charge in [0.2, 0.25) is 5.91 Å². The van der Waals surface area contributed by atoms with Gasteiger partial charge in [-0.25, -0.2) is 9.31 Å². The van der Waals surface area contributed by atoms with Crippen molar-refractivity contribution in [2.24, 2.45) is 17.0 Å². The fraction of sp³-hybridized carbons (Fsp3) is 0.591. The molecule has 2 aromatic rings. The molecule has 1 aliphatic carbocycles. The van der Waals surface area contributed by atoms with Crippen LogP contribution >= 0.6 is 0 Å². The number of oxime groups is 1. The third-order valence-corrected chi connectivity index (χ3v) is 6.14. The molecule has 3 heterocycles. The zero-order valence-electron chi connectivity index (χ0n) is 19.3. The molecule has 0 aromatic carbocycles. The fourth-order valence-electron chi connectivity index (χ4n) is 4.20. The lowest BCUT2D eigenvalue weighted by molar-refractivity contribution is -0.121. The number of ether oxygens (including phenoxy) is 1. The summed E-state index contributed by atoms with van der Waals surface area (Å²) in [6, 6.07) is 1.50. The molecule has 1 aliphatic heterocycles. The molecule has 2 fully saturated rings. The first-order valence-electron chi connectivity index (χ1n) is 11.2. The number of nitrogens with one attached hydrogen (secondary N) is 2. The zero-order valence-corrected chi connectivity index (χ0v) is 19.3. The molecule has 2 atom stereocenters. The van der Waals surface area contributed by atoms with E-state index in [1.807, 2.05) is 27.7 Å². The number of likely N-dealkylation sites (tertiary alicyclic amines) is 1. The van der Waals surface area contributed by atoms with E-state index in [0.717, 1.165) is 6.42 Å². The number of hydrogen-bond donors (Lipinski definition) is 3. The van der Waals surface area contributed by atoms with Crippen molar-refractivity contribution in [2.45, 2.75) is 58.5 Å². The number of rotatable bonds is 3. The Labute approximate surface area is 190 Å². The lowest BCUT2D eigenvalue weighted by Crippen LogP contribution is -2.41. The van der Waals surface area contributed by atoms with Crippen LogP contribution in [0.15, 0.2) is 22.2 Å². The van der Waals surface area contributed by atoms with Crippen molar-refractivity contribution in [2.75, 3.05) is 13.1 Å². The Hall–Kier alpha value is -3.37. The summed E-state index contributed by atoms with van der Waals surface area (Å²) < 4.78 is 7.05. The Morgan fingerprint density at radius 2 is 1.97 bits per heavy atom. The summed E-state index contributed by atoms with van der Waals surface area (Å²) >= 11 is 0. The highest BCUT2D eigenvalue weighted by Crippen LogP contribution is 2.37. The number of amidine groups is 1. The summed E-state index contributed by atoms with van der Waals surface area (Å²) in [5, 5.41) is 19.8. The van der Waals surface area contributed by atoms with Crippen LogP contribution in [0.5, 0.6) is 0 Å². The van der Waals surface area contributed by atoms with Gasteiger partial charge in [-0.2, -0.15) is 5.10 Å². The number of amides is 2. The van der Waals surface area contributed by atoms with Gasteiger partial charge in [-0.15, -0.1) is 0 Å². The third-order valence-electron chi connectivity index (χ3n) is 6.14. The summed E-state index contributed by atoms with van der Waals surface area (Å²) in [7, 11) is 0. The van der Waals surface area contributed by atoms with Crippen LogP contribution in [-0.2, 0) is 9.53 Å². The summed E-state index contributed by atoms with van der Waals surface area (Å²) in [4.78, 5) is 41.5. The molecule has 33 heavy (non-hydrogen) atoms. The molecule has 1 saturated heterocycles. The molecule has 11 nitrogen and oxygen atoms in total. The second-order valence-corrected chi connectivity index (χ2v) is 9.88. The minimum atomic E-state index is -0.558. The summed E-state index contributed by atoms with van der Waals surface area (Å²) in [6.07, 6.45) is 3.19. The SMILES string of the molecule is C[C@H]1C[C@H]1C(=O)NC(=NO)c1cnn2c(C3CCN(C(=O)OC(C)(C)C)CC3)cc(=O)[nH]c12. The lowest BCUT2D eigenvalue weighted by atomic mass is 9.93. The van der Waals surface area contributed by atoms with Crippen molar-refractivity contribution in [1.82, 2.24) is 24.8 Å². The smallest absolute Gasteiger partial charge is 0.410 e. The van der Waals surface area contributed by atoms with E-state index >= 15 is 0 Å². The van der Waals surface area contributed by atoms with Crippen molar-refractivity contribution in [3.63, 3.8) is 0 Å². The van der Waals surface area contributed by atoms with Gasteiger partial charge in [0.1, 0.15) is 11.2 Å². The summed E-state index contributed by atoms with van der Waals surface area (Å²) in [5.41, 5.74) is 0.474. The largest absolute Gasteiger partial charge is 0.444 e. The van der Waals surface area contributed by atoms with Gasteiger partial charge in [-0.1, -0.05) is 12.1 Å². The standard InChI is InChI=1S/C22H30N6O5/c1-12-9-14(12)20(30)25-18(26-32)15-11-23-28-16(10-17(29)24-19(15)28)13-5-7-27(8-6-13)21(31)33-22(2,3)4/h10-14,32H,5-9H2,1-4H3,(H,24,29)(H,25,26,30)/t12-,14+/m0/s1. The number of carbonyl (C=O) groups is 2. The van der Waals surface area contributed by atoms with E-state index in [4.69, 9.17) is 4.74 Å². The second kappa shape index (κ2) is 8.53. The minimum Gasteiger partial charge on any atom is -0.444 e. The maximum absolute atomic E-state index is 12.4. The maximum atomic E-state index is 12.4. The first-order chi connectivity index (χ1) is 15.6. The van der Waals surface area contributed by atoms with E-state index in [2.05, 4.69) is 20.6 Å². The number of carbonyl (C=O) groups excluding carboxylic acids is 2. The highest BCUT2D eigenvalue weighted by atomic mass is 16.6. The molecule has 0 bridgehead atoms. The topological polar surface area (TPSA) is 141 Å². The maximum Gasteiger partial charge on any atom is 0.410 e. The first-order valence-corrected chi connectivity index (χ1v) is 11.2. The summed E-state index contributed by atoms with van der Waals surface area (Å²) in [6.45, 7) is 8.47. The Kier molecular flexibility index (Phi) is 5.89.